The first-order chi connectivity index (χ1) is 9.78. The summed E-state index contributed by atoms with van der Waals surface area (Å²) in [7, 11) is 0. The molecule has 0 radical (unpaired) electrons. The van der Waals surface area contributed by atoms with Gasteiger partial charge in [0.2, 0.25) is 0 Å². The first-order valence-corrected chi connectivity index (χ1v) is 6.32. The summed E-state index contributed by atoms with van der Waals surface area (Å²) < 4.78 is 12.8. The maximum atomic E-state index is 12.8. The molecule has 0 aliphatic heterocycles. The van der Waals surface area contributed by atoms with Gasteiger partial charge in [-0.1, -0.05) is 30.3 Å². The molecule has 2 aromatic carbocycles. The molecular formula is C16H13FN2O. The number of nitrogens with one attached hydrogen (secondary N) is 2. The molecule has 4 heteroatoms. The molecule has 0 fully saturated rings. The zero-order valence-electron chi connectivity index (χ0n) is 10.7. The molecule has 0 unspecified atom stereocenters. The van der Waals surface area contributed by atoms with E-state index < -0.39 is 0 Å². The van der Waals surface area contributed by atoms with Gasteiger partial charge in [0.1, 0.15) is 11.6 Å². The third kappa shape index (κ3) is 2.28. The van der Waals surface area contributed by atoms with Gasteiger partial charge in [0.05, 0.1) is 5.56 Å². The number of hydrogen-bond donors (Lipinski definition) is 2. The van der Waals surface area contributed by atoms with Crippen LogP contribution in [0, 0.1) is 5.82 Å². The molecule has 0 saturated carbocycles. The molecule has 0 bridgehead atoms. The Hall–Kier alpha value is -2.62. The molecule has 0 aliphatic carbocycles. The molecule has 3 nitrogen and oxygen atoms in total. The average molecular weight is 268 g/mol. The zero-order valence-corrected chi connectivity index (χ0v) is 10.7. The number of carbonyl (C=O) groups excluding carboxylic acids is 1. The van der Waals surface area contributed by atoms with Crippen LogP contribution in [0.15, 0.2) is 48.5 Å². The number of aromatic nitrogens is 1. The average Bonchev–Trinajstić information content (AvgIpc) is 2.84. The van der Waals surface area contributed by atoms with E-state index in [1.54, 1.807) is 12.1 Å². The summed E-state index contributed by atoms with van der Waals surface area (Å²) in [6.45, 7) is 0.522. The molecule has 3 rings (SSSR count). The van der Waals surface area contributed by atoms with Crippen LogP contribution in [-0.2, 0) is 6.54 Å². The Kier molecular flexibility index (Phi) is 3.21. The Morgan fingerprint density at radius 2 is 1.85 bits per heavy atom. The number of fused-ring (bicyclic) bond motifs is 1. The number of benzene rings is 2. The number of aromatic amines is 1. The quantitative estimate of drug-likeness (QED) is 0.708. The lowest BCUT2D eigenvalue weighted by Gasteiger charge is -2.05. The predicted octanol–water partition coefficient (Wildman–Crippen LogP) is 3.73. The van der Waals surface area contributed by atoms with Crippen molar-refractivity contribution in [2.24, 2.45) is 0 Å². The van der Waals surface area contributed by atoms with Crippen molar-refractivity contribution in [1.29, 1.82) is 0 Å². The minimum atomic E-state index is -0.257. The van der Waals surface area contributed by atoms with Crippen LogP contribution in [0.5, 0.6) is 0 Å². The zero-order chi connectivity index (χ0) is 13.9. The molecule has 0 spiro atoms. The van der Waals surface area contributed by atoms with E-state index in [1.165, 1.54) is 12.1 Å². The monoisotopic (exact) mass is 268 g/mol. The number of carbonyl (C=O) groups is 1. The Labute approximate surface area is 115 Å². The minimum absolute atomic E-state index is 0.257. The normalized spacial score (nSPS) is 10.7. The second kappa shape index (κ2) is 5.17. The highest BCUT2D eigenvalue weighted by Gasteiger charge is 2.09. The lowest BCUT2D eigenvalue weighted by atomic mass is 10.2. The Balaban J connectivity index is 1.87. The summed E-state index contributed by atoms with van der Waals surface area (Å²) in [5.74, 6) is 0.429. The van der Waals surface area contributed by atoms with Gasteiger partial charge in [-0.05, 0) is 23.8 Å². The fourth-order valence-electron chi connectivity index (χ4n) is 2.22. The second-order valence-electron chi connectivity index (χ2n) is 4.56. The van der Waals surface area contributed by atoms with Crippen LogP contribution in [0.1, 0.15) is 15.9 Å². The Bertz CT molecular complexity index is 747. The lowest BCUT2D eigenvalue weighted by Crippen LogP contribution is -2.01. The molecule has 0 aliphatic rings. The highest BCUT2D eigenvalue weighted by molar-refractivity contribution is 6.03. The molecule has 100 valence electrons. The van der Waals surface area contributed by atoms with Crippen LogP contribution >= 0.6 is 0 Å². The van der Waals surface area contributed by atoms with Crippen molar-refractivity contribution in [2.75, 3.05) is 5.32 Å². The van der Waals surface area contributed by atoms with E-state index in [1.807, 2.05) is 24.3 Å². The fraction of sp³-hybridized carbons (Fsp3) is 0.0625. The molecule has 20 heavy (non-hydrogen) atoms. The first-order valence-electron chi connectivity index (χ1n) is 6.32. The van der Waals surface area contributed by atoms with Crippen molar-refractivity contribution in [2.45, 2.75) is 6.54 Å². The summed E-state index contributed by atoms with van der Waals surface area (Å²) in [5, 5.41) is 4.07. The van der Waals surface area contributed by atoms with Crippen LogP contribution in [0.3, 0.4) is 0 Å². The molecular weight excluding hydrogens is 255 g/mol. The summed E-state index contributed by atoms with van der Waals surface area (Å²) >= 11 is 0. The van der Waals surface area contributed by atoms with Gasteiger partial charge in [-0.3, -0.25) is 4.79 Å². The molecule has 2 N–H and O–H groups in total. The molecule has 0 saturated heterocycles. The number of para-hydroxylation sites is 1. The van der Waals surface area contributed by atoms with E-state index >= 15 is 0 Å². The third-order valence-electron chi connectivity index (χ3n) is 3.25. The van der Waals surface area contributed by atoms with E-state index in [4.69, 9.17) is 0 Å². The van der Waals surface area contributed by atoms with E-state index in [0.29, 0.717) is 17.9 Å². The number of halogens is 1. The van der Waals surface area contributed by atoms with Crippen LogP contribution in [0.4, 0.5) is 10.2 Å². The number of rotatable bonds is 4. The van der Waals surface area contributed by atoms with Gasteiger partial charge < -0.3 is 10.3 Å². The SMILES string of the molecule is O=Cc1c(NCc2ccc(F)cc2)[nH]c2ccccc12. The van der Waals surface area contributed by atoms with Crippen LogP contribution in [0.25, 0.3) is 10.9 Å². The fourth-order valence-corrected chi connectivity index (χ4v) is 2.22. The minimum Gasteiger partial charge on any atom is -0.367 e. The van der Waals surface area contributed by atoms with E-state index in [0.717, 1.165) is 22.8 Å². The predicted molar refractivity (Wildman–Crippen MR) is 77.4 cm³/mol. The maximum Gasteiger partial charge on any atom is 0.154 e. The summed E-state index contributed by atoms with van der Waals surface area (Å²) in [5.41, 5.74) is 2.47. The highest BCUT2D eigenvalue weighted by atomic mass is 19.1. The van der Waals surface area contributed by atoms with Crippen LogP contribution < -0.4 is 5.32 Å². The van der Waals surface area contributed by atoms with Gasteiger partial charge in [0.25, 0.3) is 0 Å². The lowest BCUT2D eigenvalue weighted by molar-refractivity contribution is 0.112. The van der Waals surface area contributed by atoms with Crippen LogP contribution in [-0.4, -0.2) is 11.3 Å². The van der Waals surface area contributed by atoms with E-state index in [9.17, 15) is 9.18 Å². The Morgan fingerprint density at radius 1 is 1.10 bits per heavy atom. The van der Waals surface area contributed by atoms with Crippen molar-refractivity contribution in [3.63, 3.8) is 0 Å². The molecule has 1 aromatic heterocycles. The van der Waals surface area contributed by atoms with Crippen molar-refractivity contribution in [3.8, 4) is 0 Å². The maximum absolute atomic E-state index is 12.8. The summed E-state index contributed by atoms with van der Waals surface area (Å²) in [6.07, 6.45) is 0.839. The van der Waals surface area contributed by atoms with Gasteiger partial charge in [-0.15, -0.1) is 0 Å². The summed E-state index contributed by atoms with van der Waals surface area (Å²) in [6, 6.07) is 13.9. The topological polar surface area (TPSA) is 44.9 Å². The standard InChI is InChI=1S/C16H13FN2O/c17-12-7-5-11(6-8-12)9-18-16-14(10-20)13-3-1-2-4-15(13)19-16/h1-8,10,18-19H,9H2. The van der Waals surface area contributed by atoms with Gasteiger partial charge in [-0.2, -0.15) is 0 Å². The second-order valence-corrected chi connectivity index (χ2v) is 4.56. The number of aldehydes is 1. The molecule has 1 heterocycles. The van der Waals surface area contributed by atoms with Gasteiger partial charge in [-0.25, -0.2) is 4.39 Å². The largest absolute Gasteiger partial charge is 0.367 e. The van der Waals surface area contributed by atoms with Gasteiger partial charge in [0.15, 0.2) is 6.29 Å². The highest BCUT2D eigenvalue weighted by Crippen LogP contribution is 2.24. The van der Waals surface area contributed by atoms with Gasteiger partial charge >= 0.3 is 0 Å². The first kappa shape index (κ1) is 12.4. The van der Waals surface area contributed by atoms with Crippen LogP contribution in [0.2, 0.25) is 0 Å². The molecule has 3 aromatic rings. The molecule has 0 amide bonds. The van der Waals surface area contributed by atoms with Gasteiger partial charge in [0, 0.05) is 17.4 Å². The number of H-pyrrole nitrogens is 1. The van der Waals surface area contributed by atoms with E-state index in [2.05, 4.69) is 10.3 Å². The van der Waals surface area contributed by atoms with Crippen molar-refractivity contribution in [3.05, 3.63) is 65.5 Å². The molecule has 0 atom stereocenters. The number of anilines is 1. The Morgan fingerprint density at radius 3 is 2.60 bits per heavy atom. The van der Waals surface area contributed by atoms with Crippen molar-refractivity contribution < 1.29 is 9.18 Å². The number of hydrogen-bond acceptors (Lipinski definition) is 2. The summed E-state index contributed by atoms with van der Waals surface area (Å²) in [4.78, 5) is 14.4. The van der Waals surface area contributed by atoms with Crippen molar-refractivity contribution in [1.82, 2.24) is 4.98 Å². The third-order valence-corrected chi connectivity index (χ3v) is 3.25. The smallest absolute Gasteiger partial charge is 0.154 e. The van der Waals surface area contributed by atoms with E-state index in [-0.39, 0.29) is 5.82 Å². The van der Waals surface area contributed by atoms with Crippen molar-refractivity contribution >= 4 is 23.0 Å².